The van der Waals surface area contributed by atoms with E-state index >= 15 is 0 Å². The van der Waals surface area contributed by atoms with Gasteiger partial charge in [-0.15, -0.1) is 0 Å². The lowest BCUT2D eigenvalue weighted by Crippen LogP contribution is -2.40. The fourth-order valence-corrected chi connectivity index (χ4v) is 5.26. The molecule has 0 fully saturated rings. The van der Waals surface area contributed by atoms with Crippen LogP contribution in [-0.4, -0.2) is 0 Å². The molecule has 0 aliphatic heterocycles. The summed E-state index contributed by atoms with van der Waals surface area (Å²) in [5.41, 5.74) is 9.12. The Balaban J connectivity index is 1.73. The van der Waals surface area contributed by atoms with Gasteiger partial charge < -0.3 is 4.90 Å². The molecule has 0 radical (unpaired) electrons. The topological polar surface area (TPSA) is 7.12 Å². The van der Waals surface area contributed by atoms with Crippen molar-refractivity contribution in [3.05, 3.63) is 127 Å². The molecule has 2 nitrogen and oxygen atoms in total. The number of hydrogen-bond donors (Lipinski definition) is 0. The van der Waals surface area contributed by atoms with Crippen molar-refractivity contribution in [2.75, 3.05) is 4.90 Å². The fourth-order valence-electron chi connectivity index (χ4n) is 5.26. The lowest BCUT2D eigenvalue weighted by Gasteiger charge is -2.30. The van der Waals surface area contributed by atoms with Gasteiger partial charge in [-0.1, -0.05) is 66.7 Å². The van der Waals surface area contributed by atoms with Crippen LogP contribution in [0.15, 0.2) is 115 Å². The predicted molar refractivity (Wildman–Crippen MR) is 137 cm³/mol. The second-order valence-electron chi connectivity index (χ2n) is 8.68. The first-order chi connectivity index (χ1) is 16.4. The van der Waals surface area contributed by atoms with E-state index in [-0.39, 0.29) is 0 Å². The smallest absolute Gasteiger partial charge is 0.220 e. The largest absolute Gasteiger partial charge is 0.309 e. The van der Waals surface area contributed by atoms with E-state index in [1.54, 1.807) is 0 Å². The van der Waals surface area contributed by atoms with Crippen LogP contribution in [-0.2, 0) is 12.8 Å². The number of anilines is 3. The molecule has 0 unspecified atom stereocenters. The summed E-state index contributed by atoms with van der Waals surface area (Å²) < 4.78 is 2.50. The third-order valence-corrected chi connectivity index (χ3v) is 6.66. The highest BCUT2D eigenvalue weighted by Gasteiger charge is 2.32. The molecule has 1 heterocycles. The van der Waals surface area contributed by atoms with E-state index in [1.807, 2.05) is 0 Å². The minimum atomic E-state index is 1.10. The Labute approximate surface area is 195 Å². The second kappa shape index (κ2) is 8.55. The molecule has 160 valence electrons. The SMILES string of the molecule is c1ccc(N(c2ccccc2)c2c3c([n+](-c4ccccc4)c4ccccc24)CCCC3)cc1. The van der Waals surface area contributed by atoms with Gasteiger partial charge in [0.1, 0.15) is 0 Å². The highest BCUT2D eigenvalue weighted by molar-refractivity contribution is 5.98. The third kappa shape index (κ3) is 3.48. The summed E-state index contributed by atoms with van der Waals surface area (Å²) in [4.78, 5) is 2.46. The molecule has 33 heavy (non-hydrogen) atoms. The Morgan fingerprint density at radius 3 is 1.76 bits per heavy atom. The summed E-state index contributed by atoms with van der Waals surface area (Å²) in [5, 5.41) is 1.29. The minimum absolute atomic E-state index is 1.10. The van der Waals surface area contributed by atoms with Crippen molar-refractivity contribution in [2.24, 2.45) is 0 Å². The zero-order valence-corrected chi connectivity index (χ0v) is 18.7. The van der Waals surface area contributed by atoms with Crippen molar-refractivity contribution >= 4 is 28.0 Å². The number of nitrogens with zero attached hydrogens (tertiary/aromatic N) is 2. The fraction of sp³-hybridized carbons (Fsp3) is 0.129. The molecule has 6 rings (SSSR count). The van der Waals surface area contributed by atoms with Crippen LogP contribution in [0, 0.1) is 0 Å². The number of aromatic nitrogens is 1. The Bertz CT molecular complexity index is 1350. The standard InChI is InChI=1S/C31H27N2/c1-4-14-24(15-5-1)32(25-16-6-2-7-17-25)31-27-20-10-12-22-29(27)33(26-18-8-3-9-19-26)30-23-13-11-21-28(30)31/h1-10,12,14-20,22H,11,13,21,23H2/q+1. The van der Waals surface area contributed by atoms with Gasteiger partial charge in [0.2, 0.25) is 11.2 Å². The van der Waals surface area contributed by atoms with Gasteiger partial charge in [-0.25, -0.2) is 0 Å². The Morgan fingerprint density at radius 2 is 1.09 bits per heavy atom. The van der Waals surface area contributed by atoms with E-state index in [4.69, 9.17) is 0 Å². The van der Waals surface area contributed by atoms with Crippen LogP contribution in [0.4, 0.5) is 17.1 Å². The zero-order chi connectivity index (χ0) is 22.0. The maximum absolute atomic E-state index is 2.50. The van der Waals surface area contributed by atoms with Crippen molar-refractivity contribution in [1.82, 2.24) is 0 Å². The van der Waals surface area contributed by atoms with Gasteiger partial charge in [0.15, 0.2) is 5.69 Å². The quantitative estimate of drug-likeness (QED) is 0.270. The number of hydrogen-bond acceptors (Lipinski definition) is 1. The molecule has 0 bridgehead atoms. The summed E-state index contributed by atoms with van der Waals surface area (Å²) >= 11 is 0. The van der Waals surface area contributed by atoms with Crippen LogP contribution < -0.4 is 9.47 Å². The normalized spacial score (nSPS) is 13.0. The van der Waals surface area contributed by atoms with Crippen LogP contribution in [0.2, 0.25) is 0 Å². The number of benzene rings is 4. The number of fused-ring (bicyclic) bond motifs is 2. The molecule has 0 saturated carbocycles. The van der Waals surface area contributed by atoms with E-state index in [1.165, 1.54) is 57.8 Å². The van der Waals surface area contributed by atoms with E-state index in [2.05, 4.69) is 125 Å². The Kier molecular flexibility index (Phi) is 5.12. The molecule has 2 heteroatoms. The Hall–Kier alpha value is -3.91. The van der Waals surface area contributed by atoms with E-state index in [0.29, 0.717) is 0 Å². The third-order valence-electron chi connectivity index (χ3n) is 6.66. The average Bonchev–Trinajstić information content (AvgIpc) is 2.90. The zero-order valence-electron chi connectivity index (χ0n) is 18.7. The molecular formula is C31H27N2+. The monoisotopic (exact) mass is 427 g/mol. The first-order valence-corrected chi connectivity index (χ1v) is 11.9. The first kappa shape index (κ1) is 19.8. The predicted octanol–water partition coefficient (Wildman–Crippen LogP) is 7.47. The van der Waals surface area contributed by atoms with E-state index < -0.39 is 0 Å². The molecule has 0 saturated heterocycles. The summed E-state index contributed by atoms with van der Waals surface area (Å²) in [6.07, 6.45) is 4.65. The van der Waals surface area contributed by atoms with Crippen molar-refractivity contribution in [2.45, 2.75) is 25.7 Å². The number of rotatable bonds is 4. The highest BCUT2D eigenvalue weighted by Crippen LogP contribution is 2.43. The van der Waals surface area contributed by atoms with Gasteiger partial charge in [0.05, 0.1) is 11.1 Å². The first-order valence-electron chi connectivity index (χ1n) is 11.9. The molecular weight excluding hydrogens is 400 g/mol. The van der Waals surface area contributed by atoms with Gasteiger partial charge in [0, 0.05) is 41.6 Å². The van der Waals surface area contributed by atoms with Gasteiger partial charge in [-0.3, -0.25) is 0 Å². The molecule has 0 spiro atoms. The van der Waals surface area contributed by atoms with Crippen molar-refractivity contribution in [3.63, 3.8) is 0 Å². The van der Waals surface area contributed by atoms with Crippen molar-refractivity contribution in [1.29, 1.82) is 0 Å². The molecule has 1 aromatic heterocycles. The average molecular weight is 428 g/mol. The number of para-hydroxylation sites is 4. The molecule has 0 amide bonds. The van der Waals surface area contributed by atoms with Gasteiger partial charge in [-0.2, -0.15) is 4.57 Å². The molecule has 0 N–H and O–H groups in total. The van der Waals surface area contributed by atoms with Crippen molar-refractivity contribution < 1.29 is 4.57 Å². The van der Waals surface area contributed by atoms with Crippen LogP contribution in [0.5, 0.6) is 0 Å². The molecule has 0 atom stereocenters. The summed E-state index contributed by atoms with van der Waals surface area (Å²) in [7, 11) is 0. The van der Waals surface area contributed by atoms with Gasteiger partial charge >= 0.3 is 0 Å². The summed E-state index contributed by atoms with van der Waals surface area (Å²) in [6.45, 7) is 0. The maximum Gasteiger partial charge on any atom is 0.220 e. The molecule has 5 aromatic rings. The lowest BCUT2D eigenvalue weighted by atomic mass is 9.90. The summed E-state index contributed by atoms with van der Waals surface area (Å²) in [5.74, 6) is 0. The van der Waals surface area contributed by atoms with Crippen LogP contribution in [0.3, 0.4) is 0 Å². The van der Waals surface area contributed by atoms with E-state index in [0.717, 1.165) is 12.8 Å². The van der Waals surface area contributed by atoms with Gasteiger partial charge in [-0.05, 0) is 49.6 Å². The van der Waals surface area contributed by atoms with Gasteiger partial charge in [0.25, 0.3) is 0 Å². The molecule has 1 aliphatic carbocycles. The lowest BCUT2D eigenvalue weighted by molar-refractivity contribution is -0.577. The highest BCUT2D eigenvalue weighted by atomic mass is 15.2. The van der Waals surface area contributed by atoms with Crippen LogP contribution in [0.1, 0.15) is 24.1 Å². The molecule has 1 aliphatic rings. The van der Waals surface area contributed by atoms with Crippen LogP contribution in [0.25, 0.3) is 16.6 Å². The number of pyridine rings is 1. The van der Waals surface area contributed by atoms with E-state index in [9.17, 15) is 0 Å². The summed E-state index contributed by atoms with van der Waals surface area (Å²) in [6, 6.07) is 41.3. The Morgan fingerprint density at radius 1 is 0.545 bits per heavy atom. The van der Waals surface area contributed by atoms with Crippen molar-refractivity contribution in [3.8, 4) is 5.69 Å². The maximum atomic E-state index is 2.50. The molecule has 4 aromatic carbocycles. The minimum Gasteiger partial charge on any atom is -0.309 e. The van der Waals surface area contributed by atoms with Crippen LogP contribution >= 0.6 is 0 Å². The second-order valence-corrected chi connectivity index (χ2v) is 8.68.